The molecule has 0 bridgehead atoms. The van der Waals surface area contributed by atoms with Crippen molar-refractivity contribution in [2.45, 2.75) is 26.0 Å². The number of rotatable bonds is 7. The Hall–Kier alpha value is -4.53. The van der Waals surface area contributed by atoms with Gasteiger partial charge < -0.3 is 29.3 Å². The Balaban J connectivity index is 1.76. The standard InChI is InChI=1S/C26H24N2O7/c1-15(2)34-25(30)21-22(16-9-11-18(32-3)12-10-16)27-26(31)28-23(21)17-6-4-7-19(14-17)35-24(29)20-8-5-13-33-20/h4-15,23H,1-3H3,(H2,27,28,31). The summed E-state index contributed by atoms with van der Waals surface area (Å²) in [6.07, 6.45) is 0.987. The van der Waals surface area contributed by atoms with Crippen LogP contribution in [0.4, 0.5) is 4.79 Å². The highest BCUT2D eigenvalue weighted by Gasteiger charge is 2.35. The number of carbonyl (C=O) groups is 3. The van der Waals surface area contributed by atoms with Gasteiger partial charge in [-0.15, -0.1) is 0 Å². The van der Waals surface area contributed by atoms with E-state index in [4.69, 9.17) is 18.6 Å². The second-order valence-corrected chi connectivity index (χ2v) is 7.94. The lowest BCUT2D eigenvalue weighted by Crippen LogP contribution is -2.45. The highest BCUT2D eigenvalue weighted by molar-refractivity contribution is 6.04. The van der Waals surface area contributed by atoms with E-state index in [0.717, 1.165) is 0 Å². The van der Waals surface area contributed by atoms with E-state index in [0.29, 0.717) is 22.6 Å². The fraction of sp³-hybridized carbons (Fsp3) is 0.192. The van der Waals surface area contributed by atoms with Crippen LogP contribution in [0, 0.1) is 0 Å². The van der Waals surface area contributed by atoms with Gasteiger partial charge in [-0.2, -0.15) is 0 Å². The van der Waals surface area contributed by atoms with Crippen molar-refractivity contribution in [1.29, 1.82) is 0 Å². The first-order valence-corrected chi connectivity index (χ1v) is 10.9. The van der Waals surface area contributed by atoms with Gasteiger partial charge in [-0.05, 0) is 73.5 Å². The van der Waals surface area contributed by atoms with Gasteiger partial charge in [0.1, 0.15) is 11.5 Å². The van der Waals surface area contributed by atoms with Gasteiger partial charge in [0.25, 0.3) is 0 Å². The van der Waals surface area contributed by atoms with Crippen LogP contribution in [0.25, 0.3) is 5.70 Å². The molecule has 0 radical (unpaired) electrons. The molecule has 2 N–H and O–H groups in total. The first-order chi connectivity index (χ1) is 16.9. The van der Waals surface area contributed by atoms with Gasteiger partial charge in [0.15, 0.2) is 0 Å². The van der Waals surface area contributed by atoms with Crippen molar-refractivity contribution in [1.82, 2.24) is 10.6 Å². The van der Waals surface area contributed by atoms with E-state index in [1.807, 2.05) is 0 Å². The minimum atomic E-state index is -0.866. The second kappa shape index (κ2) is 10.2. The summed E-state index contributed by atoms with van der Waals surface area (Å²) in [5.74, 6) is -0.368. The second-order valence-electron chi connectivity index (χ2n) is 7.94. The number of nitrogens with one attached hydrogen (secondary N) is 2. The molecule has 2 aromatic carbocycles. The predicted molar refractivity (Wildman–Crippen MR) is 126 cm³/mol. The van der Waals surface area contributed by atoms with E-state index in [-0.39, 0.29) is 23.2 Å². The van der Waals surface area contributed by atoms with Crippen LogP contribution < -0.4 is 20.1 Å². The summed E-state index contributed by atoms with van der Waals surface area (Å²) in [6.45, 7) is 3.48. The predicted octanol–water partition coefficient (Wildman–Crippen LogP) is 4.22. The molecule has 1 unspecified atom stereocenters. The summed E-state index contributed by atoms with van der Waals surface area (Å²) in [6, 6.07) is 15.2. The smallest absolute Gasteiger partial charge is 0.379 e. The molecule has 3 aromatic rings. The van der Waals surface area contributed by atoms with Gasteiger partial charge in [-0.3, -0.25) is 0 Å². The number of ether oxygens (including phenoxy) is 3. The minimum absolute atomic E-state index is 0.0495. The Morgan fingerprint density at radius 1 is 0.971 bits per heavy atom. The monoisotopic (exact) mass is 476 g/mol. The van der Waals surface area contributed by atoms with Crippen molar-refractivity contribution in [3.05, 3.63) is 89.4 Å². The van der Waals surface area contributed by atoms with Crippen molar-refractivity contribution in [3.63, 3.8) is 0 Å². The topological polar surface area (TPSA) is 116 Å². The van der Waals surface area contributed by atoms with E-state index in [2.05, 4.69) is 10.6 Å². The van der Waals surface area contributed by atoms with Crippen LogP contribution in [-0.4, -0.2) is 31.2 Å². The van der Waals surface area contributed by atoms with Crippen molar-refractivity contribution < 1.29 is 33.0 Å². The average Bonchev–Trinajstić information content (AvgIpc) is 3.38. The molecule has 1 atom stereocenters. The van der Waals surface area contributed by atoms with Gasteiger partial charge >= 0.3 is 18.0 Å². The van der Waals surface area contributed by atoms with Crippen molar-refractivity contribution in [3.8, 4) is 11.5 Å². The fourth-order valence-corrected chi connectivity index (χ4v) is 3.61. The zero-order valence-corrected chi connectivity index (χ0v) is 19.4. The van der Waals surface area contributed by atoms with Gasteiger partial charge in [0, 0.05) is 0 Å². The number of furan rings is 1. The van der Waals surface area contributed by atoms with Crippen LogP contribution >= 0.6 is 0 Å². The van der Waals surface area contributed by atoms with Crippen LogP contribution in [0.3, 0.4) is 0 Å². The molecule has 1 aromatic heterocycles. The molecule has 4 rings (SSSR count). The summed E-state index contributed by atoms with van der Waals surface area (Å²) in [4.78, 5) is 38.2. The normalized spacial score (nSPS) is 15.3. The summed E-state index contributed by atoms with van der Waals surface area (Å²) < 4.78 is 21.2. The molecule has 0 aliphatic carbocycles. The zero-order chi connectivity index (χ0) is 24.9. The number of hydrogen-bond acceptors (Lipinski definition) is 7. The molecule has 1 aliphatic heterocycles. The molecular formula is C26H24N2O7. The number of esters is 2. The molecule has 1 aliphatic rings. The Kier molecular flexibility index (Phi) is 6.86. The number of hydrogen-bond donors (Lipinski definition) is 2. The molecule has 0 fully saturated rings. The molecule has 0 saturated heterocycles. The third kappa shape index (κ3) is 5.35. The Labute approximate surface area is 201 Å². The van der Waals surface area contributed by atoms with E-state index < -0.39 is 24.0 Å². The third-order valence-corrected chi connectivity index (χ3v) is 5.14. The molecule has 9 heteroatoms. The van der Waals surface area contributed by atoms with E-state index in [1.54, 1.807) is 75.6 Å². The molecule has 2 heterocycles. The Bertz CT molecular complexity index is 1260. The van der Waals surface area contributed by atoms with Gasteiger partial charge in [0.2, 0.25) is 5.76 Å². The summed E-state index contributed by atoms with van der Waals surface area (Å²) >= 11 is 0. The van der Waals surface area contributed by atoms with Crippen molar-refractivity contribution in [2.24, 2.45) is 0 Å². The highest BCUT2D eigenvalue weighted by Crippen LogP contribution is 2.34. The number of carbonyl (C=O) groups excluding carboxylic acids is 3. The lowest BCUT2D eigenvalue weighted by molar-refractivity contribution is -0.143. The third-order valence-electron chi connectivity index (χ3n) is 5.14. The SMILES string of the molecule is COc1ccc(C2=C(C(=O)OC(C)C)C(c3cccc(OC(=O)c4ccco4)c3)NC(=O)N2)cc1. The maximum atomic E-state index is 13.2. The molecule has 9 nitrogen and oxygen atoms in total. The number of methoxy groups -OCH3 is 1. The first-order valence-electron chi connectivity index (χ1n) is 10.9. The quantitative estimate of drug-likeness (QED) is 0.387. The van der Waals surface area contributed by atoms with Crippen LogP contribution in [0.2, 0.25) is 0 Å². The number of benzene rings is 2. The van der Waals surface area contributed by atoms with E-state index in [1.165, 1.54) is 12.3 Å². The van der Waals surface area contributed by atoms with Crippen molar-refractivity contribution in [2.75, 3.05) is 7.11 Å². The van der Waals surface area contributed by atoms with E-state index >= 15 is 0 Å². The van der Waals surface area contributed by atoms with Crippen LogP contribution in [-0.2, 0) is 9.53 Å². The Morgan fingerprint density at radius 3 is 2.40 bits per heavy atom. The molecule has 35 heavy (non-hydrogen) atoms. The number of amides is 2. The molecule has 0 saturated carbocycles. The summed E-state index contributed by atoms with van der Waals surface area (Å²) in [5.41, 5.74) is 1.64. The summed E-state index contributed by atoms with van der Waals surface area (Å²) in [7, 11) is 1.55. The van der Waals surface area contributed by atoms with Crippen LogP contribution in [0.15, 0.2) is 76.9 Å². The molecule has 0 spiro atoms. The first kappa shape index (κ1) is 23.6. The lowest BCUT2D eigenvalue weighted by atomic mass is 9.92. The van der Waals surface area contributed by atoms with Crippen LogP contribution in [0.1, 0.15) is 41.6 Å². The highest BCUT2D eigenvalue weighted by atomic mass is 16.5. The van der Waals surface area contributed by atoms with Gasteiger partial charge in [0.05, 0.1) is 36.8 Å². The lowest BCUT2D eigenvalue weighted by Gasteiger charge is -2.30. The largest absolute Gasteiger partial charge is 0.497 e. The van der Waals surface area contributed by atoms with Gasteiger partial charge in [-0.1, -0.05) is 12.1 Å². The summed E-state index contributed by atoms with van der Waals surface area (Å²) in [5, 5.41) is 5.50. The maximum Gasteiger partial charge on any atom is 0.379 e. The number of urea groups is 1. The molecular weight excluding hydrogens is 452 g/mol. The fourth-order valence-electron chi connectivity index (χ4n) is 3.61. The van der Waals surface area contributed by atoms with Gasteiger partial charge in [-0.25, -0.2) is 14.4 Å². The Morgan fingerprint density at radius 2 is 1.74 bits per heavy atom. The van der Waals surface area contributed by atoms with Crippen LogP contribution in [0.5, 0.6) is 11.5 Å². The average molecular weight is 476 g/mol. The molecule has 2 amide bonds. The zero-order valence-electron chi connectivity index (χ0n) is 19.4. The molecule has 180 valence electrons. The van der Waals surface area contributed by atoms with E-state index in [9.17, 15) is 14.4 Å². The minimum Gasteiger partial charge on any atom is -0.497 e. The van der Waals surface area contributed by atoms with Crippen molar-refractivity contribution >= 4 is 23.7 Å². The maximum absolute atomic E-state index is 13.2.